The van der Waals surface area contributed by atoms with E-state index in [4.69, 9.17) is 9.47 Å². The SMILES string of the molecule is CCOC(C(C)=O)C(=O)Oc1ccccc1. The normalized spacial score (nSPS) is 11.9. The maximum Gasteiger partial charge on any atom is 0.348 e. The van der Waals surface area contributed by atoms with Crippen molar-refractivity contribution in [2.45, 2.75) is 20.0 Å². The summed E-state index contributed by atoms with van der Waals surface area (Å²) in [7, 11) is 0. The van der Waals surface area contributed by atoms with Gasteiger partial charge in [0.25, 0.3) is 0 Å². The van der Waals surface area contributed by atoms with Crippen LogP contribution in [0.4, 0.5) is 0 Å². The average molecular weight is 222 g/mol. The molecule has 0 N–H and O–H groups in total. The van der Waals surface area contributed by atoms with Crippen molar-refractivity contribution in [1.29, 1.82) is 0 Å². The van der Waals surface area contributed by atoms with E-state index in [1.807, 2.05) is 6.07 Å². The minimum Gasteiger partial charge on any atom is -0.424 e. The number of ketones is 1. The monoisotopic (exact) mass is 222 g/mol. The third-order valence-electron chi connectivity index (χ3n) is 1.88. The van der Waals surface area contributed by atoms with Gasteiger partial charge in [-0.15, -0.1) is 0 Å². The molecular weight excluding hydrogens is 208 g/mol. The van der Waals surface area contributed by atoms with Crippen LogP contribution in [0.1, 0.15) is 13.8 Å². The zero-order valence-electron chi connectivity index (χ0n) is 9.30. The van der Waals surface area contributed by atoms with E-state index in [-0.39, 0.29) is 12.4 Å². The molecule has 1 unspecified atom stereocenters. The Balaban J connectivity index is 2.66. The molecule has 0 aliphatic heterocycles. The summed E-state index contributed by atoms with van der Waals surface area (Å²) in [5.41, 5.74) is 0. The van der Waals surface area contributed by atoms with E-state index in [9.17, 15) is 9.59 Å². The summed E-state index contributed by atoms with van der Waals surface area (Å²) in [5, 5.41) is 0. The molecule has 0 saturated carbocycles. The lowest BCUT2D eigenvalue weighted by atomic mass is 10.2. The number of esters is 1. The van der Waals surface area contributed by atoms with Crippen LogP contribution in [0, 0.1) is 0 Å². The summed E-state index contributed by atoms with van der Waals surface area (Å²) < 4.78 is 10.0. The highest BCUT2D eigenvalue weighted by molar-refractivity contribution is 6.01. The molecule has 0 aromatic heterocycles. The van der Waals surface area contributed by atoms with E-state index in [1.165, 1.54) is 6.92 Å². The lowest BCUT2D eigenvalue weighted by molar-refractivity contribution is -0.152. The molecule has 0 saturated heterocycles. The molecule has 0 heterocycles. The van der Waals surface area contributed by atoms with Crippen molar-refractivity contribution in [3.05, 3.63) is 30.3 Å². The second kappa shape index (κ2) is 6.02. The van der Waals surface area contributed by atoms with Crippen molar-refractivity contribution in [3.8, 4) is 5.75 Å². The van der Waals surface area contributed by atoms with Gasteiger partial charge in [0.05, 0.1) is 0 Å². The number of carbonyl (C=O) groups is 2. The predicted octanol–water partition coefficient (Wildman–Crippen LogP) is 1.59. The molecule has 86 valence electrons. The number of benzene rings is 1. The van der Waals surface area contributed by atoms with Crippen molar-refractivity contribution in [3.63, 3.8) is 0 Å². The second-order valence-corrected chi connectivity index (χ2v) is 3.18. The largest absolute Gasteiger partial charge is 0.424 e. The molecule has 0 amide bonds. The first-order chi connectivity index (χ1) is 7.65. The Labute approximate surface area is 94.2 Å². The number of rotatable bonds is 5. The second-order valence-electron chi connectivity index (χ2n) is 3.18. The first-order valence-corrected chi connectivity index (χ1v) is 5.04. The maximum atomic E-state index is 11.6. The van der Waals surface area contributed by atoms with E-state index in [0.29, 0.717) is 5.75 Å². The van der Waals surface area contributed by atoms with E-state index in [1.54, 1.807) is 31.2 Å². The van der Waals surface area contributed by atoms with Gasteiger partial charge in [-0.05, 0) is 26.0 Å². The highest BCUT2D eigenvalue weighted by atomic mass is 16.6. The molecule has 0 fully saturated rings. The van der Waals surface area contributed by atoms with Gasteiger partial charge in [-0.2, -0.15) is 0 Å². The lowest BCUT2D eigenvalue weighted by Crippen LogP contribution is -2.34. The van der Waals surface area contributed by atoms with Crippen LogP contribution in [0.25, 0.3) is 0 Å². The molecule has 0 bridgehead atoms. The van der Waals surface area contributed by atoms with Gasteiger partial charge in [-0.3, -0.25) is 4.79 Å². The third-order valence-corrected chi connectivity index (χ3v) is 1.88. The summed E-state index contributed by atoms with van der Waals surface area (Å²) in [6, 6.07) is 8.57. The van der Waals surface area contributed by atoms with E-state index < -0.39 is 12.1 Å². The Bertz CT molecular complexity index is 359. The Kier molecular flexibility index (Phi) is 4.66. The zero-order valence-corrected chi connectivity index (χ0v) is 9.30. The highest BCUT2D eigenvalue weighted by Crippen LogP contribution is 2.10. The smallest absolute Gasteiger partial charge is 0.348 e. The molecule has 0 radical (unpaired) electrons. The molecular formula is C12H14O4. The molecule has 0 spiro atoms. The summed E-state index contributed by atoms with van der Waals surface area (Å²) in [6.45, 7) is 3.30. The van der Waals surface area contributed by atoms with Gasteiger partial charge in [-0.1, -0.05) is 18.2 Å². The van der Waals surface area contributed by atoms with Crippen LogP contribution >= 0.6 is 0 Å². The minimum absolute atomic E-state index is 0.286. The Hall–Kier alpha value is -1.68. The number of ether oxygens (including phenoxy) is 2. The summed E-state index contributed by atoms with van der Waals surface area (Å²) in [6.07, 6.45) is -1.13. The fourth-order valence-corrected chi connectivity index (χ4v) is 1.18. The van der Waals surface area contributed by atoms with Crippen LogP contribution in [0.5, 0.6) is 5.75 Å². The Morgan fingerprint density at radius 3 is 2.38 bits per heavy atom. The Morgan fingerprint density at radius 2 is 1.88 bits per heavy atom. The van der Waals surface area contributed by atoms with Crippen LogP contribution in [-0.2, 0) is 14.3 Å². The fourth-order valence-electron chi connectivity index (χ4n) is 1.18. The number of carbonyl (C=O) groups excluding carboxylic acids is 2. The van der Waals surface area contributed by atoms with Crippen molar-refractivity contribution < 1.29 is 19.1 Å². The van der Waals surface area contributed by atoms with Gasteiger partial charge in [-0.25, -0.2) is 4.79 Å². The molecule has 16 heavy (non-hydrogen) atoms. The van der Waals surface area contributed by atoms with Crippen LogP contribution < -0.4 is 4.74 Å². The average Bonchev–Trinajstić information content (AvgIpc) is 2.26. The third kappa shape index (κ3) is 3.47. The van der Waals surface area contributed by atoms with E-state index in [2.05, 4.69) is 0 Å². The molecule has 0 aliphatic rings. The number of para-hydroxylation sites is 1. The van der Waals surface area contributed by atoms with E-state index >= 15 is 0 Å². The first-order valence-electron chi connectivity index (χ1n) is 5.04. The van der Waals surface area contributed by atoms with Crippen molar-refractivity contribution in [2.75, 3.05) is 6.61 Å². The molecule has 1 rings (SSSR count). The van der Waals surface area contributed by atoms with Gasteiger partial charge >= 0.3 is 5.97 Å². The van der Waals surface area contributed by atoms with E-state index in [0.717, 1.165) is 0 Å². The fraction of sp³-hybridized carbons (Fsp3) is 0.333. The predicted molar refractivity (Wildman–Crippen MR) is 58.2 cm³/mol. The molecule has 1 aromatic rings. The van der Waals surface area contributed by atoms with Crippen molar-refractivity contribution in [1.82, 2.24) is 0 Å². The van der Waals surface area contributed by atoms with Crippen LogP contribution in [0.15, 0.2) is 30.3 Å². The van der Waals surface area contributed by atoms with Crippen LogP contribution in [0.2, 0.25) is 0 Å². The quantitative estimate of drug-likeness (QED) is 0.431. The maximum absolute atomic E-state index is 11.6. The van der Waals surface area contributed by atoms with Gasteiger partial charge in [0.1, 0.15) is 5.75 Å². The lowest BCUT2D eigenvalue weighted by Gasteiger charge is -2.12. The molecule has 4 heteroatoms. The summed E-state index contributed by atoms with van der Waals surface area (Å²) in [4.78, 5) is 22.7. The van der Waals surface area contributed by atoms with Gasteiger partial charge in [0.2, 0.25) is 6.10 Å². The zero-order chi connectivity index (χ0) is 12.0. The molecule has 0 aliphatic carbocycles. The van der Waals surface area contributed by atoms with Gasteiger partial charge in [0.15, 0.2) is 5.78 Å². The topological polar surface area (TPSA) is 52.6 Å². The summed E-state index contributed by atoms with van der Waals surface area (Å²) >= 11 is 0. The summed E-state index contributed by atoms with van der Waals surface area (Å²) in [5.74, 6) is -0.637. The first kappa shape index (κ1) is 12.4. The van der Waals surface area contributed by atoms with Gasteiger partial charge < -0.3 is 9.47 Å². The van der Waals surface area contributed by atoms with Crippen molar-refractivity contribution in [2.24, 2.45) is 0 Å². The Morgan fingerprint density at radius 1 is 1.25 bits per heavy atom. The molecule has 1 aromatic carbocycles. The number of hydrogen-bond acceptors (Lipinski definition) is 4. The molecule has 4 nitrogen and oxygen atoms in total. The highest BCUT2D eigenvalue weighted by Gasteiger charge is 2.25. The van der Waals surface area contributed by atoms with Crippen molar-refractivity contribution >= 4 is 11.8 Å². The standard InChI is InChI=1S/C12H14O4/c1-3-15-11(9(2)13)12(14)16-10-7-5-4-6-8-10/h4-8,11H,3H2,1-2H3. The van der Waals surface area contributed by atoms with Crippen LogP contribution in [-0.4, -0.2) is 24.5 Å². The van der Waals surface area contributed by atoms with Gasteiger partial charge in [0, 0.05) is 6.61 Å². The van der Waals surface area contributed by atoms with Crippen LogP contribution in [0.3, 0.4) is 0 Å². The number of Topliss-reactive ketones (excluding diaryl/α,β-unsaturated/α-hetero) is 1. The molecule has 1 atom stereocenters. The minimum atomic E-state index is -1.13. The number of hydrogen-bond donors (Lipinski definition) is 0.